The molecule has 27 heavy (non-hydrogen) atoms. The maximum Gasteiger partial charge on any atom is 0.243 e. The molecule has 0 spiro atoms. The fourth-order valence-corrected chi connectivity index (χ4v) is 4.81. The van der Waals surface area contributed by atoms with Gasteiger partial charge >= 0.3 is 0 Å². The van der Waals surface area contributed by atoms with Crippen molar-refractivity contribution in [3.05, 3.63) is 77.4 Å². The molecule has 1 N–H and O–H groups in total. The van der Waals surface area contributed by atoms with Gasteiger partial charge in [-0.05, 0) is 24.6 Å². The van der Waals surface area contributed by atoms with E-state index < -0.39 is 10.0 Å². The van der Waals surface area contributed by atoms with E-state index in [-0.39, 0.29) is 11.4 Å². The first kappa shape index (κ1) is 17.8. The van der Waals surface area contributed by atoms with Crippen molar-refractivity contribution in [3.63, 3.8) is 0 Å². The lowest BCUT2D eigenvalue weighted by Gasteiger charge is -2.08. The van der Waals surface area contributed by atoms with E-state index in [0.717, 1.165) is 21.5 Å². The Morgan fingerprint density at radius 2 is 1.89 bits per heavy atom. The van der Waals surface area contributed by atoms with Gasteiger partial charge in [0.05, 0.1) is 17.8 Å². The molecule has 0 saturated heterocycles. The van der Waals surface area contributed by atoms with E-state index in [4.69, 9.17) is 0 Å². The van der Waals surface area contributed by atoms with Crippen LogP contribution in [0.1, 0.15) is 11.3 Å². The number of para-hydroxylation sites is 1. The van der Waals surface area contributed by atoms with Crippen LogP contribution in [0.5, 0.6) is 0 Å². The number of benzene rings is 2. The van der Waals surface area contributed by atoms with E-state index in [9.17, 15) is 8.42 Å². The molecular weight excluding hydrogens is 378 g/mol. The smallest absolute Gasteiger partial charge is 0.243 e. The highest BCUT2D eigenvalue weighted by Crippen LogP contribution is 2.24. The minimum atomic E-state index is -3.70. The monoisotopic (exact) mass is 395 g/mol. The maximum atomic E-state index is 12.8. The van der Waals surface area contributed by atoms with Crippen molar-refractivity contribution in [1.82, 2.24) is 14.7 Å². The Labute approximate surface area is 161 Å². The zero-order valence-electron chi connectivity index (χ0n) is 14.6. The van der Waals surface area contributed by atoms with Gasteiger partial charge in [-0.3, -0.25) is 4.98 Å². The Hall–Kier alpha value is -2.61. The van der Waals surface area contributed by atoms with Gasteiger partial charge in [0.25, 0.3) is 0 Å². The van der Waals surface area contributed by atoms with Crippen LogP contribution in [0.2, 0.25) is 0 Å². The van der Waals surface area contributed by atoms with E-state index in [2.05, 4.69) is 14.7 Å². The van der Waals surface area contributed by atoms with E-state index in [1.807, 2.05) is 54.8 Å². The number of rotatable bonds is 5. The predicted octanol–water partition coefficient (Wildman–Crippen LogP) is 4.15. The number of nitrogens with zero attached hydrogens (tertiary/aromatic N) is 2. The first-order valence-corrected chi connectivity index (χ1v) is 10.7. The van der Waals surface area contributed by atoms with Crippen LogP contribution in [0.4, 0.5) is 0 Å². The number of aryl methyl sites for hydroxylation is 1. The summed E-state index contributed by atoms with van der Waals surface area (Å²) in [6, 6.07) is 16.9. The summed E-state index contributed by atoms with van der Waals surface area (Å²) in [6.07, 6.45) is 1.67. The Bertz CT molecular complexity index is 1200. The second-order valence-corrected chi connectivity index (χ2v) is 8.77. The fourth-order valence-electron chi connectivity index (χ4n) is 2.81. The lowest BCUT2D eigenvalue weighted by molar-refractivity contribution is 0.581. The van der Waals surface area contributed by atoms with Crippen LogP contribution < -0.4 is 4.72 Å². The van der Waals surface area contributed by atoms with E-state index in [0.29, 0.717) is 11.2 Å². The SMILES string of the molecule is Cc1cnc2c(S(=O)(=O)NCc3csc(-c4ccccc4)n3)cccc2c1. The molecule has 4 aromatic rings. The third kappa shape index (κ3) is 3.75. The van der Waals surface area contributed by atoms with Gasteiger partial charge in [0, 0.05) is 22.5 Å². The van der Waals surface area contributed by atoms with E-state index >= 15 is 0 Å². The molecule has 0 bridgehead atoms. The minimum Gasteiger partial charge on any atom is -0.255 e. The van der Waals surface area contributed by atoms with Crippen molar-refractivity contribution in [2.45, 2.75) is 18.4 Å². The molecule has 0 aliphatic rings. The number of nitrogens with one attached hydrogen (secondary N) is 1. The number of aromatic nitrogens is 2. The van der Waals surface area contributed by atoms with Gasteiger partial charge in [-0.2, -0.15) is 0 Å². The summed E-state index contributed by atoms with van der Waals surface area (Å²) in [6.45, 7) is 2.06. The normalized spacial score (nSPS) is 11.7. The Morgan fingerprint density at radius 3 is 2.70 bits per heavy atom. The summed E-state index contributed by atoms with van der Waals surface area (Å²) in [5, 5.41) is 3.54. The summed E-state index contributed by atoms with van der Waals surface area (Å²) in [4.78, 5) is 9.02. The third-order valence-corrected chi connectivity index (χ3v) is 6.49. The Morgan fingerprint density at radius 1 is 1.07 bits per heavy atom. The van der Waals surface area contributed by atoms with Crippen LogP contribution in [0.25, 0.3) is 21.5 Å². The third-order valence-electron chi connectivity index (χ3n) is 4.12. The number of sulfonamides is 1. The molecule has 0 saturated carbocycles. The number of hydrogen-bond acceptors (Lipinski definition) is 5. The zero-order valence-corrected chi connectivity index (χ0v) is 16.2. The summed E-state index contributed by atoms with van der Waals surface area (Å²) in [5.74, 6) is 0. The van der Waals surface area contributed by atoms with Gasteiger partial charge in [-0.15, -0.1) is 11.3 Å². The second-order valence-electron chi connectivity index (χ2n) is 6.18. The average Bonchev–Trinajstić information content (AvgIpc) is 3.16. The van der Waals surface area contributed by atoms with Gasteiger partial charge in [0.1, 0.15) is 9.90 Å². The van der Waals surface area contributed by atoms with Crippen molar-refractivity contribution >= 4 is 32.3 Å². The maximum absolute atomic E-state index is 12.8. The standard InChI is InChI=1S/C20H17N3O2S2/c1-14-10-16-8-5-9-18(19(16)21-11-14)27(24,25)22-12-17-13-26-20(23-17)15-6-3-2-4-7-15/h2-11,13,22H,12H2,1H3. The molecule has 0 radical (unpaired) electrons. The van der Waals surface area contributed by atoms with Crippen molar-refractivity contribution in [1.29, 1.82) is 0 Å². The number of fused-ring (bicyclic) bond motifs is 1. The molecule has 0 amide bonds. The van der Waals surface area contributed by atoms with E-state index in [1.165, 1.54) is 11.3 Å². The molecule has 0 aliphatic carbocycles. The Balaban J connectivity index is 1.57. The molecule has 2 aromatic carbocycles. The molecule has 5 nitrogen and oxygen atoms in total. The van der Waals surface area contributed by atoms with Gasteiger partial charge in [0.15, 0.2) is 0 Å². The highest BCUT2D eigenvalue weighted by atomic mass is 32.2. The molecule has 136 valence electrons. The summed E-state index contributed by atoms with van der Waals surface area (Å²) < 4.78 is 28.3. The fraction of sp³-hybridized carbons (Fsp3) is 0.100. The first-order chi connectivity index (χ1) is 13.0. The number of pyridine rings is 1. The van der Waals surface area contributed by atoms with Crippen LogP contribution >= 0.6 is 11.3 Å². The summed E-state index contributed by atoms with van der Waals surface area (Å²) in [7, 11) is -3.70. The molecule has 2 aromatic heterocycles. The highest BCUT2D eigenvalue weighted by Gasteiger charge is 2.18. The summed E-state index contributed by atoms with van der Waals surface area (Å²) in [5.41, 5.74) is 3.16. The van der Waals surface area contributed by atoms with Gasteiger partial charge < -0.3 is 0 Å². The molecule has 7 heteroatoms. The average molecular weight is 396 g/mol. The zero-order chi connectivity index (χ0) is 18.9. The minimum absolute atomic E-state index is 0.133. The van der Waals surface area contributed by atoms with Gasteiger partial charge in [0.2, 0.25) is 10.0 Å². The van der Waals surface area contributed by atoms with Crippen molar-refractivity contribution < 1.29 is 8.42 Å². The summed E-state index contributed by atoms with van der Waals surface area (Å²) >= 11 is 1.49. The van der Waals surface area contributed by atoms with Crippen molar-refractivity contribution in [3.8, 4) is 10.6 Å². The molecular formula is C20H17N3O2S2. The van der Waals surface area contributed by atoms with Crippen LogP contribution in [-0.2, 0) is 16.6 Å². The topological polar surface area (TPSA) is 72.0 Å². The molecule has 4 rings (SSSR count). The molecule has 0 fully saturated rings. The number of hydrogen-bond donors (Lipinski definition) is 1. The largest absolute Gasteiger partial charge is 0.255 e. The first-order valence-electron chi connectivity index (χ1n) is 8.38. The van der Waals surface area contributed by atoms with Crippen molar-refractivity contribution in [2.75, 3.05) is 0 Å². The Kier molecular flexibility index (Phi) is 4.73. The van der Waals surface area contributed by atoms with Crippen LogP contribution in [0.3, 0.4) is 0 Å². The van der Waals surface area contributed by atoms with Crippen LogP contribution in [-0.4, -0.2) is 18.4 Å². The van der Waals surface area contributed by atoms with Gasteiger partial charge in [-0.25, -0.2) is 18.1 Å². The number of thiazole rings is 1. The predicted molar refractivity (Wildman–Crippen MR) is 108 cm³/mol. The molecule has 2 heterocycles. The lowest BCUT2D eigenvalue weighted by atomic mass is 10.2. The van der Waals surface area contributed by atoms with E-state index in [1.54, 1.807) is 18.3 Å². The lowest BCUT2D eigenvalue weighted by Crippen LogP contribution is -2.23. The van der Waals surface area contributed by atoms with Gasteiger partial charge in [-0.1, -0.05) is 42.5 Å². The van der Waals surface area contributed by atoms with Crippen LogP contribution in [0, 0.1) is 6.92 Å². The second kappa shape index (κ2) is 7.19. The van der Waals surface area contributed by atoms with Crippen molar-refractivity contribution in [2.24, 2.45) is 0 Å². The quantitative estimate of drug-likeness (QED) is 0.551. The molecule has 0 aliphatic heterocycles. The highest BCUT2D eigenvalue weighted by molar-refractivity contribution is 7.89. The molecule has 0 atom stereocenters. The molecule has 0 unspecified atom stereocenters. The van der Waals surface area contributed by atoms with Crippen LogP contribution in [0.15, 0.2) is 71.1 Å².